The van der Waals surface area contributed by atoms with Crippen LogP contribution < -0.4 is 0 Å². The van der Waals surface area contributed by atoms with Crippen LogP contribution in [0.1, 0.15) is 56.6 Å². The molecule has 0 saturated heterocycles. The van der Waals surface area contributed by atoms with E-state index in [9.17, 15) is 4.79 Å². The van der Waals surface area contributed by atoms with Crippen LogP contribution >= 0.6 is 0 Å². The van der Waals surface area contributed by atoms with Gasteiger partial charge in [-0.05, 0) is 35.8 Å². The van der Waals surface area contributed by atoms with Gasteiger partial charge in [0.25, 0.3) is 5.91 Å². The van der Waals surface area contributed by atoms with Gasteiger partial charge >= 0.3 is 0 Å². The topological polar surface area (TPSA) is 82.4 Å². The molecule has 0 saturated carbocycles. The molecule has 0 radical (unpaired) electrons. The number of unbranched alkanes of at least 4 members (excludes halogenated alkanes) is 5. The minimum Gasteiger partial charge on any atom is -0.483 e. The maximum absolute atomic E-state index is 13.9. The van der Waals surface area contributed by atoms with Crippen molar-refractivity contribution in [2.45, 2.75) is 65.2 Å². The zero-order valence-corrected chi connectivity index (χ0v) is 24.8. The van der Waals surface area contributed by atoms with E-state index in [0.717, 1.165) is 36.1 Å². The van der Waals surface area contributed by atoms with Crippen LogP contribution in [0.3, 0.4) is 0 Å². The van der Waals surface area contributed by atoms with Crippen LogP contribution in [-0.2, 0) is 34.0 Å². The molecular weight excluding hydrogens is 538 g/mol. The molecule has 5 rings (SSSR count). The number of hydrogen-bond donors (Lipinski definition) is 0. The van der Waals surface area contributed by atoms with Gasteiger partial charge in [0.1, 0.15) is 18.9 Å². The lowest BCUT2D eigenvalue weighted by Gasteiger charge is -2.19. The van der Waals surface area contributed by atoms with Gasteiger partial charge in [-0.3, -0.25) is 9.78 Å². The van der Waals surface area contributed by atoms with Crippen molar-refractivity contribution < 1.29 is 14.3 Å². The molecule has 1 aliphatic heterocycles. The highest BCUT2D eigenvalue weighted by Gasteiger charge is 2.38. The van der Waals surface area contributed by atoms with Crippen molar-refractivity contribution in [2.75, 3.05) is 6.54 Å². The van der Waals surface area contributed by atoms with Gasteiger partial charge in [0.2, 0.25) is 5.76 Å². The fraction of sp³-hybridized carbons (Fsp3) is 0.314. The summed E-state index contributed by atoms with van der Waals surface area (Å²) < 4.78 is 14.3. The Morgan fingerprint density at radius 2 is 1.40 bits per heavy atom. The average molecular weight is 578 g/mol. The molecule has 222 valence electrons. The Hall–Kier alpha value is -4.72. The van der Waals surface area contributed by atoms with E-state index in [1.165, 1.54) is 19.3 Å². The summed E-state index contributed by atoms with van der Waals surface area (Å²) in [5.41, 5.74) is 4.14. The SMILES string of the molecule is CCCCCCCCN1C(=O)C(OCc2ccccc2)=C(OCc2ccccc2)/C1=C/Cn1cc(-c2ccccn2)nn1. The lowest BCUT2D eigenvalue weighted by atomic mass is 10.1. The van der Waals surface area contributed by atoms with E-state index in [-0.39, 0.29) is 18.3 Å². The summed E-state index contributed by atoms with van der Waals surface area (Å²) in [6, 6.07) is 25.5. The van der Waals surface area contributed by atoms with Gasteiger partial charge in [-0.2, -0.15) is 0 Å². The highest BCUT2D eigenvalue weighted by Crippen LogP contribution is 2.33. The molecule has 0 bridgehead atoms. The van der Waals surface area contributed by atoms with Crippen molar-refractivity contribution in [2.24, 2.45) is 0 Å². The number of carbonyl (C=O) groups is 1. The molecule has 0 fully saturated rings. The minimum absolute atomic E-state index is 0.174. The van der Waals surface area contributed by atoms with E-state index in [2.05, 4.69) is 22.2 Å². The Labute approximate surface area is 253 Å². The van der Waals surface area contributed by atoms with Crippen LogP contribution in [0, 0.1) is 0 Å². The van der Waals surface area contributed by atoms with E-state index in [4.69, 9.17) is 9.47 Å². The van der Waals surface area contributed by atoms with Gasteiger partial charge in [-0.1, -0.05) is 111 Å². The standard InChI is InChI=1S/C35H39N5O3/c1-2-3-4-5-6-15-23-40-32(21-24-39-25-31(37-38-39)30-20-13-14-22-36-30)33(42-26-28-16-9-7-10-17-28)34(35(40)41)43-27-29-18-11-8-12-19-29/h7-14,16-22,25H,2-6,15,23-24,26-27H2,1H3/b32-21-. The van der Waals surface area contributed by atoms with Crippen LogP contribution in [-0.4, -0.2) is 37.3 Å². The molecular formula is C35H39N5O3. The number of ether oxygens (including phenoxy) is 2. The summed E-state index contributed by atoms with van der Waals surface area (Å²) in [4.78, 5) is 20.1. The fourth-order valence-corrected chi connectivity index (χ4v) is 4.97. The number of hydrogen-bond acceptors (Lipinski definition) is 6. The first kappa shape index (κ1) is 29.8. The molecule has 1 amide bonds. The Bertz CT molecular complexity index is 1500. The molecule has 0 N–H and O–H groups in total. The van der Waals surface area contributed by atoms with Crippen molar-refractivity contribution in [3.8, 4) is 11.4 Å². The number of nitrogens with zero attached hydrogens (tertiary/aromatic N) is 5. The fourth-order valence-electron chi connectivity index (χ4n) is 4.97. The first-order valence-electron chi connectivity index (χ1n) is 15.1. The van der Waals surface area contributed by atoms with Crippen molar-refractivity contribution in [1.29, 1.82) is 0 Å². The number of amides is 1. The molecule has 8 nitrogen and oxygen atoms in total. The van der Waals surface area contributed by atoms with Crippen LogP contribution in [0.2, 0.25) is 0 Å². The molecule has 1 aliphatic rings. The minimum atomic E-state index is -0.174. The zero-order chi connectivity index (χ0) is 29.7. The van der Waals surface area contributed by atoms with Gasteiger partial charge in [0, 0.05) is 12.7 Å². The second-order valence-electron chi connectivity index (χ2n) is 10.6. The lowest BCUT2D eigenvalue weighted by molar-refractivity contribution is -0.127. The molecule has 4 aromatic rings. The summed E-state index contributed by atoms with van der Waals surface area (Å²) in [5, 5.41) is 8.60. The zero-order valence-electron chi connectivity index (χ0n) is 24.8. The summed E-state index contributed by atoms with van der Waals surface area (Å²) >= 11 is 0. The molecule has 2 aromatic heterocycles. The maximum atomic E-state index is 13.9. The number of carbonyl (C=O) groups excluding carboxylic acids is 1. The molecule has 43 heavy (non-hydrogen) atoms. The van der Waals surface area contributed by atoms with Crippen LogP contribution in [0.15, 0.2) is 115 Å². The van der Waals surface area contributed by atoms with Gasteiger partial charge < -0.3 is 14.4 Å². The van der Waals surface area contributed by atoms with Crippen molar-refractivity contribution >= 4 is 5.91 Å². The summed E-state index contributed by atoms with van der Waals surface area (Å²) in [5.74, 6) is 0.525. The van der Waals surface area contributed by atoms with Crippen LogP contribution in [0.4, 0.5) is 0 Å². The largest absolute Gasteiger partial charge is 0.483 e. The predicted octanol–water partition coefficient (Wildman–Crippen LogP) is 7.07. The van der Waals surface area contributed by atoms with E-state index in [1.807, 2.05) is 91.1 Å². The second kappa shape index (κ2) is 15.5. The van der Waals surface area contributed by atoms with Crippen molar-refractivity contribution in [3.63, 3.8) is 0 Å². The molecule has 3 heterocycles. The van der Waals surface area contributed by atoms with E-state index >= 15 is 0 Å². The first-order valence-corrected chi connectivity index (χ1v) is 15.1. The number of allylic oxidation sites excluding steroid dienone is 1. The number of rotatable bonds is 16. The first-order chi connectivity index (χ1) is 21.2. The molecule has 8 heteroatoms. The molecule has 0 spiro atoms. The van der Waals surface area contributed by atoms with Gasteiger partial charge in [-0.15, -0.1) is 5.10 Å². The maximum Gasteiger partial charge on any atom is 0.297 e. The van der Waals surface area contributed by atoms with E-state index in [0.29, 0.717) is 36.8 Å². The molecule has 2 aromatic carbocycles. The highest BCUT2D eigenvalue weighted by atomic mass is 16.5. The predicted molar refractivity (Wildman–Crippen MR) is 166 cm³/mol. The Kier molecular flexibility index (Phi) is 10.7. The van der Waals surface area contributed by atoms with Gasteiger partial charge in [0.15, 0.2) is 5.76 Å². The van der Waals surface area contributed by atoms with E-state index in [1.54, 1.807) is 15.8 Å². The van der Waals surface area contributed by atoms with Gasteiger partial charge in [-0.25, -0.2) is 4.68 Å². The highest BCUT2D eigenvalue weighted by molar-refractivity contribution is 5.98. The van der Waals surface area contributed by atoms with Crippen LogP contribution in [0.5, 0.6) is 0 Å². The quantitative estimate of drug-likeness (QED) is 0.133. The summed E-state index contributed by atoms with van der Waals surface area (Å²) in [6.45, 7) is 3.79. The van der Waals surface area contributed by atoms with Crippen LogP contribution in [0.25, 0.3) is 11.4 Å². The summed E-state index contributed by atoms with van der Waals surface area (Å²) in [7, 11) is 0. The van der Waals surface area contributed by atoms with Gasteiger partial charge in [0.05, 0.1) is 24.1 Å². The number of pyridine rings is 1. The number of benzene rings is 2. The third-order valence-corrected chi connectivity index (χ3v) is 7.29. The average Bonchev–Trinajstić information content (AvgIpc) is 3.63. The smallest absolute Gasteiger partial charge is 0.297 e. The second-order valence-corrected chi connectivity index (χ2v) is 10.6. The molecule has 0 atom stereocenters. The number of aromatic nitrogens is 4. The molecule has 0 unspecified atom stereocenters. The monoisotopic (exact) mass is 577 g/mol. The van der Waals surface area contributed by atoms with Crippen molar-refractivity contribution in [1.82, 2.24) is 24.9 Å². The summed E-state index contributed by atoms with van der Waals surface area (Å²) in [6.07, 6.45) is 12.4. The normalized spacial score (nSPS) is 14.1. The Balaban J connectivity index is 1.41. The third kappa shape index (κ3) is 8.19. The van der Waals surface area contributed by atoms with Crippen molar-refractivity contribution in [3.05, 3.63) is 126 Å². The Morgan fingerprint density at radius 1 is 0.744 bits per heavy atom. The Morgan fingerprint density at radius 3 is 2.07 bits per heavy atom. The molecule has 0 aliphatic carbocycles. The lowest BCUT2D eigenvalue weighted by Crippen LogP contribution is -2.28. The third-order valence-electron chi connectivity index (χ3n) is 7.29. The van der Waals surface area contributed by atoms with E-state index < -0.39 is 0 Å².